The number of nitrogens with one attached hydrogen (secondary N) is 1. The summed E-state index contributed by atoms with van der Waals surface area (Å²) in [5.74, 6) is 0.860. The SMILES string of the molecule is N#Cc1ccccc1NC(=O)CCSC1CCCC1. The molecule has 0 spiro atoms. The second-order valence-electron chi connectivity index (χ2n) is 4.73. The summed E-state index contributed by atoms with van der Waals surface area (Å²) in [5, 5.41) is 12.5. The Morgan fingerprint density at radius 3 is 2.84 bits per heavy atom. The van der Waals surface area contributed by atoms with Crippen molar-refractivity contribution in [3.05, 3.63) is 29.8 Å². The second kappa shape index (κ2) is 7.20. The fraction of sp³-hybridized carbons (Fsp3) is 0.467. The van der Waals surface area contributed by atoms with Crippen LogP contribution in [0.4, 0.5) is 5.69 Å². The van der Waals surface area contributed by atoms with Crippen LogP contribution in [0.1, 0.15) is 37.7 Å². The van der Waals surface area contributed by atoms with E-state index < -0.39 is 0 Å². The Bertz CT molecular complexity index is 475. The van der Waals surface area contributed by atoms with Gasteiger partial charge in [0.05, 0.1) is 11.3 Å². The summed E-state index contributed by atoms with van der Waals surface area (Å²) in [4.78, 5) is 11.8. The third kappa shape index (κ3) is 4.29. The van der Waals surface area contributed by atoms with Gasteiger partial charge in [0.15, 0.2) is 0 Å². The summed E-state index contributed by atoms with van der Waals surface area (Å²) >= 11 is 1.91. The van der Waals surface area contributed by atoms with E-state index in [-0.39, 0.29) is 5.91 Å². The van der Waals surface area contributed by atoms with Crippen molar-refractivity contribution in [1.82, 2.24) is 0 Å². The topological polar surface area (TPSA) is 52.9 Å². The Morgan fingerprint density at radius 2 is 2.11 bits per heavy atom. The Balaban J connectivity index is 1.76. The molecule has 0 bridgehead atoms. The predicted molar refractivity (Wildman–Crippen MR) is 79.1 cm³/mol. The molecule has 19 heavy (non-hydrogen) atoms. The van der Waals surface area contributed by atoms with Crippen LogP contribution >= 0.6 is 11.8 Å². The third-order valence-corrected chi connectivity index (χ3v) is 4.69. The molecule has 2 rings (SSSR count). The maximum atomic E-state index is 11.8. The molecule has 0 heterocycles. The Kier molecular flexibility index (Phi) is 5.29. The molecule has 1 aliphatic carbocycles. The zero-order valence-electron chi connectivity index (χ0n) is 10.9. The lowest BCUT2D eigenvalue weighted by molar-refractivity contribution is -0.115. The first-order chi connectivity index (χ1) is 9.29. The molecule has 0 atom stereocenters. The van der Waals surface area contributed by atoms with Gasteiger partial charge in [-0.25, -0.2) is 0 Å². The lowest BCUT2D eigenvalue weighted by Gasteiger charge is -2.09. The molecule has 1 fully saturated rings. The van der Waals surface area contributed by atoms with E-state index in [2.05, 4.69) is 11.4 Å². The first-order valence-corrected chi connectivity index (χ1v) is 7.75. The average molecular weight is 274 g/mol. The number of amides is 1. The summed E-state index contributed by atoms with van der Waals surface area (Å²) in [6.45, 7) is 0. The molecule has 1 N–H and O–H groups in total. The Morgan fingerprint density at radius 1 is 1.37 bits per heavy atom. The Labute approximate surface area is 118 Å². The summed E-state index contributed by atoms with van der Waals surface area (Å²) in [6.07, 6.45) is 5.77. The highest BCUT2D eigenvalue weighted by Crippen LogP contribution is 2.29. The van der Waals surface area contributed by atoms with Crippen molar-refractivity contribution in [2.75, 3.05) is 11.1 Å². The second-order valence-corrected chi connectivity index (χ2v) is 6.14. The summed E-state index contributed by atoms with van der Waals surface area (Å²) in [6, 6.07) is 9.18. The van der Waals surface area contributed by atoms with Gasteiger partial charge in [-0.3, -0.25) is 4.79 Å². The fourth-order valence-corrected chi connectivity index (χ4v) is 3.58. The lowest BCUT2D eigenvalue weighted by atomic mass is 10.2. The van der Waals surface area contributed by atoms with Gasteiger partial charge in [-0.1, -0.05) is 25.0 Å². The third-order valence-electron chi connectivity index (χ3n) is 3.31. The fourth-order valence-electron chi connectivity index (χ4n) is 2.28. The largest absolute Gasteiger partial charge is 0.325 e. The highest BCUT2D eigenvalue weighted by Gasteiger charge is 2.15. The molecule has 0 saturated heterocycles. The van der Waals surface area contributed by atoms with Crippen molar-refractivity contribution in [3.63, 3.8) is 0 Å². The molecule has 0 radical (unpaired) electrons. The van der Waals surface area contributed by atoms with Crippen molar-refractivity contribution in [2.45, 2.75) is 37.4 Å². The molecule has 1 aromatic rings. The number of nitrogens with zero attached hydrogens (tertiary/aromatic N) is 1. The van der Waals surface area contributed by atoms with Gasteiger partial charge in [-0.15, -0.1) is 0 Å². The highest BCUT2D eigenvalue weighted by molar-refractivity contribution is 7.99. The minimum Gasteiger partial charge on any atom is -0.325 e. The van der Waals surface area contributed by atoms with Crippen LogP contribution in [-0.4, -0.2) is 16.9 Å². The number of para-hydroxylation sites is 1. The predicted octanol–water partition coefficient (Wildman–Crippen LogP) is 3.56. The molecule has 100 valence electrons. The lowest BCUT2D eigenvalue weighted by Crippen LogP contribution is -2.13. The first kappa shape index (κ1) is 14.0. The number of nitriles is 1. The van der Waals surface area contributed by atoms with Crippen molar-refractivity contribution in [1.29, 1.82) is 5.26 Å². The van der Waals surface area contributed by atoms with E-state index >= 15 is 0 Å². The van der Waals surface area contributed by atoms with Crippen LogP contribution < -0.4 is 5.32 Å². The van der Waals surface area contributed by atoms with Crippen molar-refractivity contribution in [2.24, 2.45) is 0 Å². The van der Waals surface area contributed by atoms with Crippen LogP contribution in [0.2, 0.25) is 0 Å². The van der Waals surface area contributed by atoms with Crippen LogP contribution in [0.25, 0.3) is 0 Å². The normalized spacial score (nSPS) is 15.1. The van der Waals surface area contributed by atoms with Crippen LogP contribution in [0.3, 0.4) is 0 Å². The zero-order chi connectivity index (χ0) is 13.5. The summed E-state index contributed by atoms with van der Waals surface area (Å²) in [7, 11) is 0. The molecule has 1 aliphatic rings. The summed E-state index contributed by atoms with van der Waals surface area (Å²) in [5.41, 5.74) is 1.13. The van der Waals surface area contributed by atoms with Crippen LogP contribution in [0, 0.1) is 11.3 Å². The molecular weight excluding hydrogens is 256 g/mol. The average Bonchev–Trinajstić information content (AvgIpc) is 2.92. The maximum absolute atomic E-state index is 11.8. The molecule has 3 nitrogen and oxygen atoms in total. The molecule has 0 aromatic heterocycles. The van der Waals surface area contributed by atoms with E-state index in [4.69, 9.17) is 5.26 Å². The van der Waals surface area contributed by atoms with E-state index in [0.717, 1.165) is 11.0 Å². The first-order valence-electron chi connectivity index (χ1n) is 6.70. The molecule has 1 saturated carbocycles. The minimum atomic E-state index is -0.00630. The van der Waals surface area contributed by atoms with E-state index in [1.807, 2.05) is 17.8 Å². The van der Waals surface area contributed by atoms with Crippen LogP contribution in [0.15, 0.2) is 24.3 Å². The highest BCUT2D eigenvalue weighted by atomic mass is 32.2. The van der Waals surface area contributed by atoms with Gasteiger partial charge in [0.1, 0.15) is 6.07 Å². The number of thioether (sulfide) groups is 1. The summed E-state index contributed by atoms with van der Waals surface area (Å²) < 4.78 is 0. The van der Waals surface area contributed by atoms with Gasteiger partial charge in [0, 0.05) is 17.4 Å². The van der Waals surface area contributed by atoms with Crippen molar-refractivity contribution < 1.29 is 4.79 Å². The molecule has 4 heteroatoms. The van der Waals surface area contributed by atoms with Gasteiger partial charge < -0.3 is 5.32 Å². The van der Waals surface area contributed by atoms with E-state index in [1.54, 1.807) is 18.2 Å². The van der Waals surface area contributed by atoms with Crippen molar-refractivity contribution in [3.8, 4) is 6.07 Å². The molecule has 1 amide bonds. The van der Waals surface area contributed by atoms with Gasteiger partial charge >= 0.3 is 0 Å². The van der Waals surface area contributed by atoms with Crippen molar-refractivity contribution >= 4 is 23.4 Å². The number of hydrogen-bond donors (Lipinski definition) is 1. The number of benzene rings is 1. The zero-order valence-corrected chi connectivity index (χ0v) is 11.7. The van der Waals surface area contributed by atoms with Gasteiger partial charge in [-0.2, -0.15) is 17.0 Å². The number of hydrogen-bond acceptors (Lipinski definition) is 3. The monoisotopic (exact) mass is 274 g/mol. The standard InChI is InChI=1S/C15H18N2OS/c16-11-12-5-1-4-8-14(12)17-15(18)9-10-19-13-6-2-3-7-13/h1,4-5,8,13H,2-3,6-7,9-10H2,(H,17,18). The van der Waals surface area contributed by atoms with E-state index in [0.29, 0.717) is 17.7 Å². The number of carbonyl (C=O) groups excluding carboxylic acids is 1. The maximum Gasteiger partial charge on any atom is 0.225 e. The smallest absolute Gasteiger partial charge is 0.225 e. The number of anilines is 1. The van der Waals surface area contributed by atoms with Crippen LogP contribution in [-0.2, 0) is 4.79 Å². The molecule has 0 aliphatic heterocycles. The molecular formula is C15H18N2OS. The van der Waals surface area contributed by atoms with Gasteiger partial charge in [0.2, 0.25) is 5.91 Å². The van der Waals surface area contributed by atoms with Crippen LogP contribution in [0.5, 0.6) is 0 Å². The minimum absolute atomic E-state index is 0.00630. The van der Waals surface area contributed by atoms with E-state index in [9.17, 15) is 4.79 Å². The molecule has 1 aromatic carbocycles. The quantitative estimate of drug-likeness (QED) is 0.893. The van der Waals surface area contributed by atoms with E-state index in [1.165, 1.54) is 25.7 Å². The molecule has 0 unspecified atom stereocenters. The van der Waals surface area contributed by atoms with Gasteiger partial charge in [-0.05, 0) is 25.0 Å². The number of rotatable bonds is 5. The van der Waals surface area contributed by atoms with Gasteiger partial charge in [0.25, 0.3) is 0 Å². The number of carbonyl (C=O) groups is 1. The Hall–Kier alpha value is -1.47.